The molecule has 0 spiro atoms. The number of rotatable bonds is 3. The molecule has 1 aromatic heterocycles. The first kappa shape index (κ1) is 12.4. The molecule has 0 radical (unpaired) electrons. The highest BCUT2D eigenvalue weighted by Gasteiger charge is 2.27. The van der Waals surface area contributed by atoms with Crippen LogP contribution in [0.25, 0.3) is 21.3 Å². The SMILES string of the molecule is COc1ccc2[nH]c3c(c2c1)CC(CN=[N+]=[N-])NC3=O. The quantitative estimate of drug-likeness (QED) is 0.507. The van der Waals surface area contributed by atoms with Crippen LogP contribution in [0.15, 0.2) is 23.3 Å². The van der Waals surface area contributed by atoms with E-state index in [1.807, 2.05) is 18.2 Å². The Hall–Kier alpha value is -2.66. The molecule has 20 heavy (non-hydrogen) atoms. The van der Waals surface area contributed by atoms with E-state index in [1.54, 1.807) is 7.11 Å². The van der Waals surface area contributed by atoms with Gasteiger partial charge in [0.15, 0.2) is 0 Å². The van der Waals surface area contributed by atoms with Crippen molar-refractivity contribution in [2.45, 2.75) is 12.5 Å². The van der Waals surface area contributed by atoms with Crippen LogP contribution < -0.4 is 10.1 Å². The summed E-state index contributed by atoms with van der Waals surface area (Å²) in [4.78, 5) is 17.9. The highest BCUT2D eigenvalue weighted by molar-refractivity contribution is 6.02. The van der Waals surface area contributed by atoms with Crippen molar-refractivity contribution in [3.8, 4) is 5.75 Å². The lowest BCUT2D eigenvalue weighted by atomic mass is 9.98. The lowest BCUT2D eigenvalue weighted by Gasteiger charge is -2.22. The van der Waals surface area contributed by atoms with E-state index >= 15 is 0 Å². The number of methoxy groups -OCH3 is 1. The van der Waals surface area contributed by atoms with Crippen molar-refractivity contribution in [1.82, 2.24) is 10.3 Å². The summed E-state index contributed by atoms with van der Waals surface area (Å²) in [7, 11) is 1.61. The molecular weight excluding hydrogens is 258 g/mol. The van der Waals surface area contributed by atoms with E-state index in [9.17, 15) is 4.79 Å². The average Bonchev–Trinajstić information content (AvgIpc) is 2.83. The summed E-state index contributed by atoms with van der Waals surface area (Å²) in [5, 5.41) is 7.33. The first-order valence-corrected chi connectivity index (χ1v) is 6.23. The lowest BCUT2D eigenvalue weighted by molar-refractivity contribution is 0.0922. The third kappa shape index (κ3) is 1.94. The van der Waals surface area contributed by atoms with Crippen LogP contribution in [0.3, 0.4) is 0 Å². The molecule has 2 heterocycles. The van der Waals surface area contributed by atoms with Crippen molar-refractivity contribution in [1.29, 1.82) is 0 Å². The summed E-state index contributed by atoms with van der Waals surface area (Å²) in [6.45, 7) is 0.248. The monoisotopic (exact) mass is 271 g/mol. The molecule has 0 aliphatic carbocycles. The Labute approximate surface area is 114 Å². The second-order valence-corrected chi connectivity index (χ2v) is 4.68. The Bertz CT molecular complexity index is 730. The number of amides is 1. The average molecular weight is 271 g/mol. The molecule has 0 bridgehead atoms. The van der Waals surface area contributed by atoms with Crippen LogP contribution in [0.5, 0.6) is 5.75 Å². The second kappa shape index (κ2) is 4.79. The number of aromatic nitrogens is 1. The van der Waals surface area contributed by atoms with Gasteiger partial charge in [-0.3, -0.25) is 4.79 Å². The van der Waals surface area contributed by atoms with Gasteiger partial charge in [0.2, 0.25) is 0 Å². The van der Waals surface area contributed by atoms with Crippen LogP contribution in [0.2, 0.25) is 0 Å². The topological polar surface area (TPSA) is 103 Å². The van der Waals surface area contributed by atoms with E-state index in [2.05, 4.69) is 20.3 Å². The van der Waals surface area contributed by atoms with E-state index in [4.69, 9.17) is 10.3 Å². The predicted molar refractivity (Wildman–Crippen MR) is 73.8 cm³/mol. The van der Waals surface area contributed by atoms with Gasteiger partial charge >= 0.3 is 0 Å². The fraction of sp³-hybridized carbons (Fsp3) is 0.308. The number of benzene rings is 1. The molecule has 0 fully saturated rings. The Morgan fingerprint density at radius 3 is 3.15 bits per heavy atom. The number of azide groups is 1. The normalized spacial score (nSPS) is 17.2. The Morgan fingerprint density at radius 2 is 2.40 bits per heavy atom. The number of fused-ring (bicyclic) bond motifs is 3. The maximum atomic E-state index is 12.1. The van der Waals surface area contributed by atoms with Crippen molar-refractivity contribution in [3.05, 3.63) is 39.9 Å². The maximum absolute atomic E-state index is 12.1. The summed E-state index contributed by atoms with van der Waals surface area (Å²) in [5.41, 5.74) is 10.8. The molecule has 1 amide bonds. The van der Waals surface area contributed by atoms with Gasteiger partial charge < -0.3 is 15.0 Å². The number of ether oxygens (including phenoxy) is 1. The molecule has 1 aliphatic heterocycles. The lowest BCUT2D eigenvalue weighted by Crippen LogP contribution is -2.43. The third-order valence-corrected chi connectivity index (χ3v) is 3.49. The van der Waals surface area contributed by atoms with Gasteiger partial charge in [-0.05, 0) is 35.7 Å². The largest absolute Gasteiger partial charge is 0.497 e. The molecule has 2 aromatic rings. The molecule has 1 unspecified atom stereocenters. The summed E-state index contributed by atoms with van der Waals surface area (Å²) in [6.07, 6.45) is 0.632. The van der Waals surface area contributed by atoms with Crippen LogP contribution in [0.1, 0.15) is 16.1 Å². The molecule has 0 saturated heterocycles. The zero-order chi connectivity index (χ0) is 14.1. The number of hydrogen-bond donors (Lipinski definition) is 2. The van der Waals surface area contributed by atoms with Gasteiger partial charge in [-0.25, -0.2) is 0 Å². The van der Waals surface area contributed by atoms with E-state index in [0.29, 0.717) is 12.1 Å². The minimum Gasteiger partial charge on any atom is -0.497 e. The molecule has 2 N–H and O–H groups in total. The third-order valence-electron chi connectivity index (χ3n) is 3.49. The maximum Gasteiger partial charge on any atom is 0.268 e. The summed E-state index contributed by atoms with van der Waals surface area (Å²) >= 11 is 0. The number of aromatic amines is 1. The molecule has 0 saturated carbocycles. The number of nitrogens with zero attached hydrogens (tertiary/aromatic N) is 3. The standard InChI is InChI=1S/C13H13N5O2/c1-20-8-2-3-11-9(5-8)10-4-7(6-15-18-14)16-13(19)12(10)17-11/h2-3,5,7,17H,4,6H2,1H3,(H,16,19). The Morgan fingerprint density at radius 1 is 1.55 bits per heavy atom. The van der Waals surface area contributed by atoms with Gasteiger partial charge in [-0.2, -0.15) is 0 Å². The number of H-pyrrole nitrogens is 1. The van der Waals surface area contributed by atoms with Gasteiger partial charge in [0.05, 0.1) is 7.11 Å². The molecule has 102 valence electrons. The van der Waals surface area contributed by atoms with Crippen molar-refractivity contribution >= 4 is 16.8 Å². The summed E-state index contributed by atoms with van der Waals surface area (Å²) in [6, 6.07) is 5.48. The molecule has 1 aromatic carbocycles. The Kier molecular flexibility index (Phi) is 2.96. The van der Waals surface area contributed by atoms with Crippen LogP contribution in [0.4, 0.5) is 0 Å². The first-order valence-electron chi connectivity index (χ1n) is 6.23. The molecule has 3 rings (SSSR count). The summed E-state index contributed by atoms with van der Waals surface area (Å²) in [5.74, 6) is 0.580. The molecule has 7 heteroatoms. The van der Waals surface area contributed by atoms with Crippen molar-refractivity contribution in [3.63, 3.8) is 0 Å². The number of carbonyl (C=O) groups excluding carboxylic acids is 1. The summed E-state index contributed by atoms with van der Waals surface area (Å²) < 4.78 is 5.22. The fourth-order valence-corrected chi connectivity index (χ4v) is 2.56. The van der Waals surface area contributed by atoms with E-state index < -0.39 is 0 Å². The molecule has 1 atom stereocenters. The zero-order valence-corrected chi connectivity index (χ0v) is 10.9. The second-order valence-electron chi connectivity index (χ2n) is 4.68. The smallest absolute Gasteiger partial charge is 0.268 e. The van der Waals surface area contributed by atoms with E-state index in [0.717, 1.165) is 22.2 Å². The van der Waals surface area contributed by atoms with Crippen LogP contribution >= 0.6 is 0 Å². The first-order chi connectivity index (χ1) is 9.72. The van der Waals surface area contributed by atoms with Crippen molar-refractivity contribution < 1.29 is 9.53 Å². The van der Waals surface area contributed by atoms with Gasteiger partial charge in [0.1, 0.15) is 11.4 Å². The minimum atomic E-state index is -0.170. The van der Waals surface area contributed by atoms with Gasteiger partial charge in [0, 0.05) is 28.4 Å². The van der Waals surface area contributed by atoms with Gasteiger partial charge in [-0.15, -0.1) is 0 Å². The highest BCUT2D eigenvalue weighted by Crippen LogP contribution is 2.29. The van der Waals surface area contributed by atoms with E-state index in [-0.39, 0.29) is 18.5 Å². The molecule has 1 aliphatic rings. The van der Waals surface area contributed by atoms with Gasteiger partial charge in [0.25, 0.3) is 5.91 Å². The van der Waals surface area contributed by atoms with Crippen LogP contribution in [-0.4, -0.2) is 30.6 Å². The van der Waals surface area contributed by atoms with Crippen molar-refractivity contribution in [2.75, 3.05) is 13.7 Å². The molecular formula is C13H13N5O2. The van der Waals surface area contributed by atoms with E-state index in [1.165, 1.54) is 0 Å². The highest BCUT2D eigenvalue weighted by atomic mass is 16.5. The number of carbonyl (C=O) groups is 1. The van der Waals surface area contributed by atoms with Crippen molar-refractivity contribution in [2.24, 2.45) is 5.11 Å². The van der Waals surface area contributed by atoms with Gasteiger partial charge in [-0.1, -0.05) is 5.11 Å². The predicted octanol–water partition coefficient (Wildman–Crippen LogP) is 2.14. The molecule has 7 nitrogen and oxygen atoms in total. The number of hydrogen-bond acceptors (Lipinski definition) is 3. The zero-order valence-electron chi connectivity index (χ0n) is 10.9. The fourth-order valence-electron chi connectivity index (χ4n) is 2.56. The van der Waals surface area contributed by atoms with Crippen LogP contribution in [-0.2, 0) is 6.42 Å². The Balaban J connectivity index is 2.07. The van der Waals surface area contributed by atoms with Crippen LogP contribution in [0, 0.1) is 0 Å². The minimum absolute atomic E-state index is 0.167. The number of nitrogens with one attached hydrogen (secondary N) is 2.